The second-order valence-electron chi connectivity index (χ2n) is 13.0. The van der Waals surface area contributed by atoms with Crippen molar-refractivity contribution in [3.8, 4) is 0 Å². The van der Waals surface area contributed by atoms with Crippen LogP contribution in [0.2, 0.25) is 0 Å². The van der Waals surface area contributed by atoms with E-state index in [0.29, 0.717) is 33.0 Å². The van der Waals surface area contributed by atoms with E-state index >= 15 is 0 Å². The lowest BCUT2D eigenvalue weighted by molar-refractivity contribution is -0.293. The first-order valence-corrected chi connectivity index (χ1v) is 18.0. The molecule has 0 aliphatic carbocycles. The van der Waals surface area contributed by atoms with Crippen LogP contribution in [0.5, 0.6) is 0 Å². The Morgan fingerprint density at radius 3 is 1.36 bits per heavy atom. The van der Waals surface area contributed by atoms with Crippen LogP contribution in [0.1, 0.15) is 39.7 Å². The quantitative estimate of drug-likeness (QED) is 0.0891. The van der Waals surface area contributed by atoms with Crippen molar-refractivity contribution in [3.63, 3.8) is 0 Å². The van der Waals surface area contributed by atoms with Crippen LogP contribution in [0.15, 0.2) is 158 Å². The zero-order valence-electron chi connectivity index (χ0n) is 29.6. The highest BCUT2D eigenvalue weighted by molar-refractivity contribution is 5.17. The van der Waals surface area contributed by atoms with Crippen molar-refractivity contribution in [2.75, 3.05) is 6.61 Å². The van der Waals surface area contributed by atoms with Crippen LogP contribution in [0.4, 0.5) is 0 Å². The van der Waals surface area contributed by atoms with Crippen LogP contribution in [-0.4, -0.2) is 46.0 Å². The Bertz CT molecular complexity index is 1900. The second kappa shape index (κ2) is 19.2. The predicted octanol–water partition coefficient (Wildman–Crippen LogP) is 7.87. The van der Waals surface area contributed by atoms with Gasteiger partial charge in [0.1, 0.15) is 24.4 Å². The van der Waals surface area contributed by atoms with E-state index in [1.807, 2.05) is 140 Å². The van der Waals surface area contributed by atoms with Crippen molar-refractivity contribution in [3.05, 3.63) is 191 Å². The third-order valence-corrected chi connectivity index (χ3v) is 9.11. The summed E-state index contributed by atoms with van der Waals surface area (Å²) in [7, 11) is 0. The van der Waals surface area contributed by atoms with Crippen molar-refractivity contribution in [1.29, 1.82) is 0 Å². The topological polar surface area (TPSA) is 86.1 Å². The van der Waals surface area contributed by atoms with Gasteiger partial charge in [0.25, 0.3) is 0 Å². The van der Waals surface area contributed by atoms with E-state index < -0.39 is 30.6 Å². The molecule has 0 radical (unpaired) electrons. The number of hydrogen-bond donors (Lipinski definition) is 0. The van der Waals surface area contributed by atoms with Crippen LogP contribution < -0.4 is 0 Å². The number of benzene rings is 5. The molecule has 53 heavy (non-hydrogen) atoms. The smallest absolute Gasteiger partial charge is 0.181 e. The molecule has 7 rings (SSSR count). The first-order valence-electron chi connectivity index (χ1n) is 18.0. The summed E-state index contributed by atoms with van der Waals surface area (Å²) in [6, 6.07) is 50.5. The lowest BCUT2D eigenvalue weighted by atomic mass is 9.96. The van der Waals surface area contributed by atoms with E-state index in [9.17, 15) is 0 Å². The Kier molecular flexibility index (Phi) is 13.2. The zero-order chi connectivity index (χ0) is 35.9. The molecule has 9 heteroatoms. The fourth-order valence-electron chi connectivity index (χ4n) is 6.39. The zero-order valence-corrected chi connectivity index (χ0v) is 29.6. The van der Waals surface area contributed by atoms with Crippen molar-refractivity contribution in [2.24, 2.45) is 0 Å². The van der Waals surface area contributed by atoms with E-state index in [0.717, 1.165) is 33.5 Å². The summed E-state index contributed by atoms with van der Waals surface area (Å²) in [4.78, 5) is 0. The monoisotopic (exact) mass is 711 g/mol. The summed E-state index contributed by atoms with van der Waals surface area (Å²) in [5, 5.41) is 8.86. The number of hydrogen-bond acceptors (Lipinski definition) is 8. The molecule has 1 aromatic heterocycles. The van der Waals surface area contributed by atoms with Crippen LogP contribution >= 0.6 is 0 Å². The molecule has 0 saturated carbocycles. The normalized spacial score (nSPS) is 20.0. The van der Waals surface area contributed by atoms with Gasteiger partial charge in [-0.15, -0.1) is 5.10 Å². The Labute approximate surface area is 311 Å². The average Bonchev–Trinajstić information content (AvgIpc) is 3.69. The highest BCUT2D eigenvalue weighted by Gasteiger charge is 2.50. The first-order chi connectivity index (χ1) is 26.3. The maximum absolute atomic E-state index is 7.01. The van der Waals surface area contributed by atoms with Crippen molar-refractivity contribution >= 4 is 0 Å². The molecule has 6 aromatic rings. The van der Waals surface area contributed by atoms with Gasteiger partial charge in [0, 0.05) is 0 Å². The van der Waals surface area contributed by atoms with Gasteiger partial charge in [0.2, 0.25) is 0 Å². The van der Waals surface area contributed by atoms with Gasteiger partial charge in [0.15, 0.2) is 6.23 Å². The highest BCUT2D eigenvalue weighted by Crippen LogP contribution is 2.36. The standard InChI is InChI=1S/C44H45N3O6/c1-6-16-34(17-7-1)27-48-32-39-26-45-46-47(39)44-43(52-31-38-24-14-5-15-25-38)42(51-30-37-22-12-4-13-23-37)41(50-29-36-20-10-3-11-21-36)40(53-44)33-49-28-35-18-8-2-9-19-35/h1-26,40-44H,27-33H2/t40-,41+,42+,43-,44-/m1/s1. The summed E-state index contributed by atoms with van der Waals surface area (Å²) in [5.74, 6) is 0. The van der Waals surface area contributed by atoms with Crippen LogP contribution in [-0.2, 0) is 68.1 Å². The van der Waals surface area contributed by atoms with Crippen LogP contribution in [0, 0.1) is 0 Å². The van der Waals surface area contributed by atoms with E-state index in [1.165, 1.54) is 0 Å². The van der Waals surface area contributed by atoms with Gasteiger partial charge in [-0.25, -0.2) is 4.68 Å². The predicted molar refractivity (Wildman–Crippen MR) is 200 cm³/mol. The first kappa shape index (κ1) is 36.4. The Hall–Kier alpha value is -5.00. The maximum atomic E-state index is 7.01. The molecule has 0 spiro atoms. The summed E-state index contributed by atoms with van der Waals surface area (Å²) in [6.45, 7) is 2.40. The van der Waals surface area contributed by atoms with Gasteiger partial charge in [0.05, 0.1) is 58.1 Å². The number of aromatic nitrogens is 3. The average molecular weight is 712 g/mol. The molecule has 0 unspecified atom stereocenters. The lowest BCUT2D eigenvalue weighted by Gasteiger charge is -2.46. The number of ether oxygens (including phenoxy) is 6. The van der Waals surface area contributed by atoms with Gasteiger partial charge in [-0.2, -0.15) is 0 Å². The van der Waals surface area contributed by atoms with E-state index in [-0.39, 0.29) is 13.2 Å². The van der Waals surface area contributed by atoms with Crippen molar-refractivity contribution < 1.29 is 28.4 Å². The Morgan fingerprint density at radius 2 is 0.868 bits per heavy atom. The SMILES string of the molecule is c1ccc(COCc2cnnn2[C@@H]2O[C@H](COCc3ccccc3)[C@H](OCc3ccccc3)[C@H](OCc3ccccc3)[C@H]2OCc2ccccc2)cc1. The fraction of sp³-hybridized carbons (Fsp3) is 0.273. The molecule has 0 N–H and O–H groups in total. The van der Waals surface area contributed by atoms with Gasteiger partial charge in [-0.3, -0.25) is 0 Å². The van der Waals surface area contributed by atoms with E-state index in [1.54, 1.807) is 10.9 Å². The second-order valence-corrected chi connectivity index (χ2v) is 13.0. The van der Waals surface area contributed by atoms with Crippen molar-refractivity contribution in [1.82, 2.24) is 15.0 Å². The Balaban J connectivity index is 1.21. The van der Waals surface area contributed by atoms with Gasteiger partial charge in [-0.1, -0.05) is 157 Å². The molecule has 5 atom stereocenters. The van der Waals surface area contributed by atoms with E-state index in [2.05, 4.69) is 22.4 Å². The maximum Gasteiger partial charge on any atom is 0.181 e. The summed E-state index contributed by atoms with van der Waals surface area (Å²) >= 11 is 0. The Morgan fingerprint density at radius 1 is 0.453 bits per heavy atom. The fourth-order valence-corrected chi connectivity index (χ4v) is 6.39. The summed E-state index contributed by atoms with van der Waals surface area (Å²) < 4.78 is 41.8. The molecule has 272 valence electrons. The number of rotatable bonds is 18. The lowest BCUT2D eigenvalue weighted by Crippen LogP contribution is -2.59. The molecule has 5 aromatic carbocycles. The molecular weight excluding hydrogens is 666 g/mol. The molecule has 0 amide bonds. The summed E-state index contributed by atoms with van der Waals surface area (Å²) in [5.41, 5.74) is 5.98. The minimum absolute atomic E-state index is 0.246. The highest BCUT2D eigenvalue weighted by atomic mass is 16.6. The third kappa shape index (κ3) is 10.3. The number of nitrogens with zero attached hydrogens (tertiary/aromatic N) is 3. The molecule has 0 bridgehead atoms. The molecular formula is C44H45N3O6. The molecule has 2 heterocycles. The minimum atomic E-state index is -0.737. The molecule has 1 saturated heterocycles. The molecule has 1 aliphatic heterocycles. The van der Waals surface area contributed by atoms with Gasteiger partial charge in [-0.05, 0) is 27.8 Å². The molecule has 1 aliphatic rings. The van der Waals surface area contributed by atoms with Crippen LogP contribution in [0.3, 0.4) is 0 Å². The van der Waals surface area contributed by atoms with Gasteiger partial charge < -0.3 is 28.4 Å². The molecule has 1 fully saturated rings. The summed E-state index contributed by atoms with van der Waals surface area (Å²) in [6.07, 6.45) is -1.38. The van der Waals surface area contributed by atoms with E-state index in [4.69, 9.17) is 28.4 Å². The van der Waals surface area contributed by atoms with Crippen LogP contribution in [0.25, 0.3) is 0 Å². The minimum Gasteiger partial charge on any atom is -0.374 e. The van der Waals surface area contributed by atoms with Gasteiger partial charge >= 0.3 is 0 Å². The van der Waals surface area contributed by atoms with Crippen molar-refractivity contribution in [2.45, 2.75) is 70.3 Å². The largest absolute Gasteiger partial charge is 0.374 e. The molecule has 9 nitrogen and oxygen atoms in total. The third-order valence-electron chi connectivity index (χ3n) is 9.11.